The lowest BCUT2D eigenvalue weighted by molar-refractivity contribution is 0.117. The summed E-state index contributed by atoms with van der Waals surface area (Å²) in [5, 5.41) is 8.40. The van der Waals surface area contributed by atoms with E-state index in [1.165, 1.54) is 0 Å². The Morgan fingerprint density at radius 3 is 2.80 bits per heavy atom. The summed E-state index contributed by atoms with van der Waals surface area (Å²) in [6.45, 7) is -0.518. The number of hydrogen-bond donors (Lipinski definition) is 1. The van der Waals surface area contributed by atoms with Gasteiger partial charge in [0.05, 0.1) is 6.61 Å². The lowest BCUT2D eigenvalue weighted by atomic mass is 10.4. The van der Waals surface area contributed by atoms with Gasteiger partial charge in [-0.25, -0.2) is 13.8 Å². The summed E-state index contributed by atoms with van der Waals surface area (Å²) in [7, 11) is 0. The number of alkyl halides is 2. The highest BCUT2D eigenvalue weighted by atomic mass is 19.3. The summed E-state index contributed by atoms with van der Waals surface area (Å²) in [6, 6.07) is 0. The number of rotatable bonds is 2. The number of oxazole rings is 1. The molecule has 0 aliphatic rings. The number of hydrogen-bond acceptors (Lipinski definition) is 3. The second-order valence-electron chi connectivity index (χ2n) is 1.62. The van der Waals surface area contributed by atoms with Gasteiger partial charge in [-0.3, -0.25) is 0 Å². The Morgan fingerprint density at radius 2 is 2.40 bits per heavy atom. The highest BCUT2D eigenvalue weighted by Crippen LogP contribution is 2.21. The quantitative estimate of drug-likeness (QED) is 0.684. The zero-order valence-corrected chi connectivity index (χ0v) is 4.92. The van der Waals surface area contributed by atoms with Crippen molar-refractivity contribution >= 4 is 0 Å². The number of aliphatic hydroxyl groups is 1. The predicted molar refractivity (Wildman–Crippen MR) is 27.4 cm³/mol. The maximum Gasteiger partial charge on any atom is 0.297 e. The maximum absolute atomic E-state index is 11.8. The zero-order chi connectivity index (χ0) is 7.56. The van der Waals surface area contributed by atoms with Crippen LogP contribution in [0.4, 0.5) is 8.78 Å². The van der Waals surface area contributed by atoms with Crippen LogP contribution in [0.3, 0.4) is 0 Å². The van der Waals surface area contributed by atoms with Crippen LogP contribution in [0.25, 0.3) is 0 Å². The number of aromatic nitrogens is 1. The summed E-state index contributed by atoms with van der Waals surface area (Å²) >= 11 is 0. The van der Waals surface area contributed by atoms with Gasteiger partial charge in [-0.2, -0.15) is 0 Å². The normalized spacial score (nSPS) is 10.8. The first kappa shape index (κ1) is 7.14. The number of halogens is 2. The molecule has 0 aliphatic heterocycles. The molecule has 0 saturated carbocycles. The first-order chi connectivity index (χ1) is 4.75. The molecule has 0 fully saturated rings. The third kappa shape index (κ3) is 1.13. The molecule has 0 atom stereocenters. The van der Waals surface area contributed by atoms with Crippen LogP contribution in [0.1, 0.15) is 17.9 Å². The van der Waals surface area contributed by atoms with Crippen molar-refractivity contribution in [2.45, 2.75) is 13.0 Å². The first-order valence-electron chi connectivity index (χ1n) is 2.57. The smallest absolute Gasteiger partial charge is 0.297 e. The average Bonchev–Trinajstić information content (AvgIpc) is 2.33. The summed E-state index contributed by atoms with van der Waals surface area (Å²) < 4.78 is 27.9. The van der Waals surface area contributed by atoms with Gasteiger partial charge < -0.3 is 9.52 Å². The fourth-order valence-corrected chi connectivity index (χ4v) is 0.575. The molecule has 0 radical (unpaired) electrons. The van der Waals surface area contributed by atoms with E-state index in [9.17, 15) is 8.78 Å². The van der Waals surface area contributed by atoms with Crippen molar-refractivity contribution < 1.29 is 18.3 Å². The van der Waals surface area contributed by atoms with Gasteiger partial charge in [0.25, 0.3) is 6.43 Å². The van der Waals surface area contributed by atoms with Crippen LogP contribution in [-0.2, 0) is 6.61 Å². The van der Waals surface area contributed by atoms with Gasteiger partial charge in [0.1, 0.15) is 5.69 Å². The van der Waals surface area contributed by atoms with E-state index in [0.29, 0.717) is 0 Å². The zero-order valence-electron chi connectivity index (χ0n) is 4.92. The van der Waals surface area contributed by atoms with Crippen LogP contribution < -0.4 is 0 Å². The molecule has 1 aromatic rings. The molecular formula is C5H5F2NO2. The Bertz CT molecular complexity index is 211. The third-order valence-corrected chi connectivity index (χ3v) is 1.02. The van der Waals surface area contributed by atoms with E-state index in [4.69, 9.17) is 5.11 Å². The van der Waals surface area contributed by atoms with Crippen molar-refractivity contribution in [2.75, 3.05) is 0 Å². The van der Waals surface area contributed by atoms with Gasteiger partial charge in [0.2, 0.25) is 0 Å². The largest absolute Gasteiger partial charge is 0.442 e. The van der Waals surface area contributed by atoms with Gasteiger partial charge in [-0.05, 0) is 0 Å². The molecule has 0 aliphatic carbocycles. The Balaban J connectivity index is 2.90. The highest BCUT2D eigenvalue weighted by Gasteiger charge is 2.16. The average molecular weight is 149 g/mol. The van der Waals surface area contributed by atoms with E-state index in [2.05, 4.69) is 9.40 Å². The molecule has 1 N–H and O–H groups in total. The van der Waals surface area contributed by atoms with Gasteiger partial charge >= 0.3 is 0 Å². The van der Waals surface area contributed by atoms with Crippen LogP contribution >= 0.6 is 0 Å². The van der Waals surface area contributed by atoms with E-state index < -0.39 is 18.8 Å². The monoisotopic (exact) mass is 149 g/mol. The second kappa shape index (κ2) is 2.74. The van der Waals surface area contributed by atoms with E-state index in [-0.39, 0.29) is 5.69 Å². The van der Waals surface area contributed by atoms with Crippen LogP contribution in [0.15, 0.2) is 10.8 Å². The Labute approximate surface area is 55.3 Å². The molecule has 1 aromatic heterocycles. The lowest BCUT2D eigenvalue weighted by Gasteiger charge is -1.93. The standard InChI is InChI=1S/C5H5F2NO2/c6-5(7)4-3(1-9)8-2-10-4/h2,5,9H,1H2. The highest BCUT2D eigenvalue weighted by molar-refractivity contribution is 5.06. The van der Waals surface area contributed by atoms with E-state index in [1.807, 2.05) is 0 Å². The summed E-state index contributed by atoms with van der Waals surface area (Å²) in [5.41, 5.74) is -0.102. The predicted octanol–water partition coefficient (Wildman–Crippen LogP) is 1.10. The van der Waals surface area contributed by atoms with Crippen LogP contribution in [0.5, 0.6) is 0 Å². The fourth-order valence-electron chi connectivity index (χ4n) is 0.575. The molecule has 3 nitrogen and oxygen atoms in total. The van der Waals surface area contributed by atoms with E-state index >= 15 is 0 Å². The summed E-state index contributed by atoms with van der Waals surface area (Å²) in [6.07, 6.45) is -1.82. The van der Waals surface area contributed by atoms with Gasteiger partial charge in [0.15, 0.2) is 12.2 Å². The molecular weight excluding hydrogens is 144 g/mol. The van der Waals surface area contributed by atoms with Gasteiger partial charge in [0, 0.05) is 0 Å². The van der Waals surface area contributed by atoms with E-state index in [0.717, 1.165) is 6.39 Å². The first-order valence-corrected chi connectivity index (χ1v) is 2.57. The molecule has 0 spiro atoms. The molecule has 1 heterocycles. The molecule has 0 aromatic carbocycles. The topological polar surface area (TPSA) is 46.3 Å². The van der Waals surface area contributed by atoms with Gasteiger partial charge in [-0.15, -0.1) is 0 Å². The molecule has 1 rings (SSSR count). The van der Waals surface area contributed by atoms with Crippen LogP contribution in [0, 0.1) is 0 Å². The van der Waals surface area contributed by atoms with Crippen molar-refractivity contribution in [2.24, 2.45) is 0 Å². The van der Waals surface area contributed by atoms with Crippen molar-refractivity contribution in [3.05, 3.63) is 17.8 Å². The molecule has 0 saturated heterocycles. The Kier molecular flexibility index (Phi) is 1.96. The van der Waals surface area contributed by atoms with Crippen molar-refractivity contribution in [3.63, 3.8) is 0 Å². The molecule has 0 unspecified atom stereocenters. The minimum atomic E-state index is -2.70. The molecule has 0 bridgehead atoms. The van der Waals surface area contributed by atoms with Crippen molar-refractivity contribution in [3.8, 4) is 0 Å². The van der Waals surface area contributed by atoms with E-state index in [1.54, 1.807) is 0 Å². The third-order valence-electron chi connectivity index (χ3n) is 1.02. The molecule has 56 valence electrons. The van der Waals surface area contributed by atoms with Crippen LogP contribution in [0.2, 0.25) is 0 Å². The van der Waals surface area contributed by atoms with Crippen LogP contribution in [-0.4, -0.2) is 10.1 Å². The minimum absolute atomic E-state index is 0.102. The Hall–Kier alpha value is -0.970. The summed E-state index contributed by atoms with van der Waals surface area (Å²) in [5.74, 6) is -0.553. The lowest BCUT2D eigenvalue weighted by Crippen LogP contribution is -1.90. The second-order valence-corrected chi connectivity index (χ2v) is 1.62. The maximum atomic E-state index is 11.8. The SMILES string of the molecule is OCc1ncoc1C(F)F. The summed E-state index contributed by atoms with van der Waals surface area (Å²) in [4.78, 5) is 3.36. The number of aliphatic hydroxyl groups excluding tert-OH is 1. The van der Waals surface area contributed by atoms with Crippen molar-refractivity contribution in [1.82, 2.24) is 4.98 Å². The minimum Gasteiger partial charge on any atom is -0.442 e. The number of nitrogens with zero attached hydrogens (tertiary/aromatic N) is 1. The fraction of sp³-hybridized carbons (Fsp3) is 0.400. The molecule has 5 heteroatoms. The van der Waals surface area contributed by atoms with Gasteiger partial charge in [-0.1, -0.05) is 0 Å². The van der Waals surface area contributed by atoms with Crippen molar-refractivity contribution in [1.29, 1.82) is 0 Å². The molecule has 0 amide bonds. The molecule has 10 heavy (non-hydrogen) atoms. The Morgan fingerprint density at radius 1 is 1.70 bits per heavy atom.